The van der Waals surface area contributed by atoms with Crippen LogP contribution >= 0.6 is 0 Å². The fraction of sp³-hybridized carbons (Fsp3) is 0.750. The number of methoxy groups -OCH3 is 1. The third-order valence-electron chi connectivity index (χ3n) is 2.42. The third kappa shape index (κ3) is 9.15. The molecule has 0 aromatic heterocycles. The first-order chi connectivity index (χ1) is 9.70. The lowest BCUT2D eigenvalue weighted by Gasteiger charge is -2.43. The topological polar surface area (TPSA) is 63.2 Å². The van der Waals surface area contributed by atoms with Gasteiger partial charge >= 0.3 is 40.9 Å². The highest BCUT2D eigenvalue weighted by Crippen LogP contribution is 2.26. The summed E-state index contributed by atoms with van der Waals surface area (Å²) in [5.74, 6) is -0.347. The third-order valence-corrected chi connectivity index (χ3v) is 17.5. The SMILES string of the molecule is C=C(C)C(=O)OC.C[SiH]1O[Si](C)(C)O[Si](C)(C)O[Si](C)(C)O1. The molecule has 1 saturated heterocycles. The molecule has 1 rings (SSSR count). The second-order valence-electron chi connectivity index (χ2n) is 6.48. The van der Waals surface area contributed by atoms with Crippen molar-refractivity contribution in [1.29, 1.82) is 0 Å². The fourth-order valence-corrected chi connectivity index (χ4v) is 20.5. The Labute approximate surface area is 139 Å². The Morgan fingerprint density at radius 2 is 1.32 bits per heavy atom. The Hall–Kier alpha value is -0.0825. The molecule has 1 fully saturated rings. The maximum absolute atomic E-state index is 10.2. The number of carbonyl (C=O) groups is 1. The molecular formula is C12H30O6Si4. The lowest BCUT2D eigenvalue weighted by Crippen LogP contribution is -2.60. The van der Waals surface area contributed by atoms with Gasteiger partial charge in [-0.3, -0.25) is 0 Å². The highest BCUT2D eigenvalue weighted by atomic mass is 28.5. The lowest BCUT2D eigenvalue weighted by atomic mass is 10.4. The van der Waals surface area contributed by atoms with Crippen molar-refractivity contribution in [2.45, 2.75) is 52.8 Å². The van der Waals surface area contributed by atoms with Crippen molar-refractivity contribution in [3.05, 3.63) is 12.2 Å². The van der Waals surface area contributed by atoms with E-state index < -0.39 is 35.0 Å². The molecule has 1 aliphatic heterocycles. The predicted molar refractivity (Wildman–Crippen MR) is 96.6 cm³/mol. The molecule has 0 aromatic carbocycles. The summed E-state index contributed by atoms with van der Waals surface area (Å²) < 4.78 is 28.4. The van der Waals surface area contributed by atoms with Crippen LogP contribution in [0.25, 0.3) is 0 Å². The molecule has 0 unspecified atom stereocenters. The molecule has 0 aliphatic carbocycles. The van der Waals surface area contributed by atoms with Crippen molar-refractivity contribution in [1.82, 2.24) is 0 Å². The molecule has 10 heteroatoms. The minimum Gasteiger partial charge on any atom is -0.466 e. The Morgan fingerprint density at radius 1 is 0.955 bits per heavy atom. The van der Waals surface area contributed by atoms with Gasteiger partial charge in [-0.15, -0.1) is 0 Å². The molecule has 1 heterocycles. The van der Waals surface area contributed by atoms with Crippen molar-refractivity contribution in [3.8, 4) is 0 Å². The number of esters is 1. The summed E-state index contributed by atoms with van der Waals surface area (Å²) in [6.45, 7) is 19.4. The van der Waals surface area contributed by atoms with E-state index in [0.717, 1.165) is 0 Å². The van der Waals surface area contributed by atoms with E-state index in [0.29, 0.717) is 5.57 Å². The quantitative estimate of drug-likeness (QED) is 0.395. The number of carbonyl (C=O) groups excluding carboxylic acids is 1. The molecule has 0 bridgehead atoms. The van der Waals surface area contributed by atoms with Crippen molar-refractivity contribution in [3.63, 3.8) is 0 Å². The minimum absolute atomic E-state index is 0.347. The van der Waals surface area contributed by atoms with E-state index in [1.807, 2.05) is 0 Å². The van der Waals surface area contributed by atoms with Crippen molar-refractivity contribution in [2.24, 2.45) is 0 Å². The van der Waals surface area contributed by atoms with Crippen molar-refractivity contribution in [2.75, 3.05) is 7.11 Å². The van der Waals surface area contributed by atoms with Crippen LogP contribution < -0.4 is 0 Å². The van der Waals surface area contributed by atoms with E-state index in [1.165, 1.54) is 7.11 Å². The molecule has 0 atom stereocenters. The van der Waals surface area contributed by atoms with Crippen LogP contribution in [0.5, 0.6) is 0 Å². The van der Waals surface area contributed by atoms with Gasteiger partial charge in [0, 0.05) is 5.57 Å². The van der Waals surface area contributed by atoms with E-state index in [2.05, 4.69) is 57.1 Å². The van der Waals surface area contributed by atoms with Gasteiger partial charge in [0.05, 0.1) is 7.11 Å². The maximum Gasteiger partial charge on any atom is 0.332 e. The average Bonchev–Trinajstić information content (AvgIpc) is 2.21. The van der Waals surface area contributed by atoms with Crippen LogP contribution in [0.15, 0.2) is 12.2 Å². The summed E-state index contributed by atoms with van der Waals surface area (Å²) in [6.07, 6.45) is 0. The van der Waals surface area contributed by atoms with Gasteiger partial charge in [0.25, 0.3) is 0 Å². The number of hydrogen-bond donors (Lipinski definition) is 0. The Balaban J connectivity index is 0.000000534. The minimum atomic E-state index is -2.08. The second-order valence-corrected chi connectivity index (χ2v) is 19.5. The first-order valence-corrected chi connectivity index (χ1v) is 17.7. The zero-order valence-electron chi connectivity index (χ0n) is 15.2. The van der Waals surface area contributed by atoms with Gasteiger partial charge in [-0.05, 0) is 52.8 Å². The zero-order chi connectivity index (χ0) is 17.8. The Kier molecular flexibility index (Phi) is 8.12. The van der Waals surface area contributed by atoms with E-state index in [9.17, 15) is 4.79 Å². The second kappa shape index (κ2) is 8.15. The van der Waals surface area contributed by atoms with Gasteiger partial charge < -0.3 is 21.2 Å². The Morgan fingerprint density at radius 3 is 1.55 bits per heavy atom. The van der Waals surface area contributed by atoms with Crippen LogP contribution in [0.3, 0.4) is 0 Å². The molecule has 130 valence electrons. The molecule has 0 aromatic rings. The molecule has 0 spiro atoms. The van der Waals surface area contributed by atoms with Crippen molar-refractivity contribution < 1.29 is 26.0 Å². The normalized spacial score (nSPS) is 23.3. The van der Waals surface area contributed by atoms with E-state index in [4.69, 9.17) is 16.5 Å². The molecule has 0 saturated carbocycles. The number of hydrogen-bond acceptors (Lipinski definition) is 6. The molecule has 0 radical (unpaired) electrons. The van der Waals surface area contributed by atoms with Gasteiger partial charge in [0.15, 0.2) is 0 Å². The number of ether oxygens (including phenoxy) is 1. The average molecular weight is 383 g/mol. The lowest BCUT2D eigenvalue weighted by molar-refractivity contribution is -0.136. The van der Waals surface area contributed by atoms with E-state index in [1.54, 1.807) is 6.92 Å². The van der Waals surface area contributed by atoms with Crippen LogP contribution in [-0.2, 0) is 26.0 Å². The van der Waals surface area contributed by atoms with Crippen molar-refractivity contribution >= 4 is 40.9 Å². The first-order valence-electron chi connectivity index (χ1n) is 7.19. The van der Waals surface area contributed by atoms with Gasteiger partial charge in [0.2, 0.25) is 0 Å². The molecule has 22 heavy (non-hydrogen) atoms. The summed E-state index contributed by atoms with van der Waals surface area (Å²) in [5, 5.41) is 0. The smallest absolute Gasteiger partial charge is 0.332 e. The van der Waals surface area contributed by atoms with Gasteiger partial charge in [0.1, 0.15) is 0 Å². The molecule has 0 amide bonds. The Bertz CT molecular complexity index is 388. The summed E-state index contributed by atoms with van der Waals surface area (Å²) in [6, 6.07) is 0. The monoisotopic (exact) mass is 382 g/mol. The fourth-order valence-electron chi connectivity index (χ4n) is 2.25. The summed E-state index contributed by atoms with van der Waals surface area (Å²) in [5.41, 5.74) is 0.433. The van der Waals surface area contributed by atoms with Gasteiger partial charge in [-0.25, -0.2) is 4.79 Å². The van der Waals surface area contributed by atoms with Gasteiger partial charge in [-0.2, -0.15) is 0 Å². The predicted octanol–water partition coefficient (Wildman–Crippen LogP) is 2.76. The van der Waals surface area contributed by atoms with E-state index in [-0.39, 0.29) is 5.97 Å². The summed E-state index contributed by atoms with van der Waals surface area (Å²) in [4.78, 5) is 10.2. The van der Waals surface area contributed by atoms with Gasteiger partial charge in [-0.1, -0.05) is 6.58 Å². The number of rotatable bonds is 1. The molecule has 1 aliphatic rings. The molecule has 6 nitrogen and oxygen atoms in total. The van der Waals surface area contributed by atoms with Crippen LogP contribution in [-0.4, -0.2) is 48.0 Å². The van der Waals surface area contributed by atoms with Crippen LogP contribution in [0, 0.1) is 0 Å². The van der Waals surface area contributed by atoms with Crippen LogP contribution in [0.1, 0.15) is 6.92 Å². The zero-order valence-corrected chi connectivity index (χ0v) is 19.4. The molecular weight excluding hydrogens is 352 g/mol. The maximum atomic E-state index is 10.2. The summed E-state index contributed by atoms with van der Waals surface area (Å²) in [7, 11) is -6.40. The highest BCUT2D eigenvalue weighted by molar-refractivity contribution is 6.89. The van der Waals surface area contributed by atoms with Crippen LogP contribution in [0.4, 0.5) is 0 Å². The first kappa shape index (κ1) is 21.9. The van der Waals surface area contributed by atoms with E-state index >= 15 is 0 Å². The highest BCUT2D eigenvalue weighted by Gasteiger charge is 2.46. The summed E-state index contributed by atoms with van der Waals surface area (Å²) >= 11 is 0. The largest absolute Gasteiger partial charge is 0.466 e. The standard InChI is InChI=1S/C7H22O4Si4.C5H8O2/c1-12-8-13(2,3)10-15(6,7)11-14(4,5)9-12;1-4(2)5(6)7-3/h12H,1-7H3;1H2,2-3H3. The molecule has 0 N–H and O–H groups in total. The van der Waals surface area contributed by atoms with Crippen LogP contribution in [0.2, 0.25) is 45.8 Å².